The molecule has 0 fully saturated rings. The summed E-state index contributed by atoms with van der Waals surface area (Å²) in [5.74, 6) is 6.62. The summed E-state index contributed by atoms with van der Waals surface area (Å²) in [7, 11) is 0. The summed E-state index contributed by atoms with van der Waals surface area (Å²) in [5.41, 5.74) is 0. The van der Waals surface area contributed by atoms with Crippen LogP contribution in [0, 0.1) is 17.8 Å². The topological polar surface area (TPSA) is 12.0 Å². The molecular formula is C9H17N. The summed E-state index contributed by atoms with van der Waals surface area (Å²) in [6, 6.07) is 0. The Morgan fingerprint density at radius 3 is 2.60 bits per heavy atom. The van der Waals surface area contributed by atoms with Crippen LogP contribution in [0.15, 0.2) is 0 Å². The van der Waals surface area contributed by atoms with Gasteiger partial charge in [0.05, 0.1) is 0 Å². The lowest BCUT2D eigenvalue weighted by Crippen LogP contribution is -2.20. The van der Waals surface area contributed by atoms with Gasteiger partial charge in [0.15, 0.2) is 0 Å². The quantitative estimate of drug-likeness (QED) is 0.461. The van der Waals surface area contributed by atoms with Crippen LogP contribution in [0.5, 0.6) is 0 Å². The summed E-state index contributed by atoms with van der Waals surface area (Å²) in [4.78, 5) is 0. The molecule has 0 aromatic heterocycles. The van der Waals surface area contributed by atoms with Crippen LogP contribution in [0.25, 0.3) is 0 Å². The van der Waals surface area contributed by atoms with Crippen LogP contribution in [-0.2, 0) is 0 Å². The first-order valence-electron chi connectivity index (χ1n) is 3.87. The van der Waals surface area contributed by atoms with Crippen LogP contribution in [-0.4, -0.2) is 13.1 Å². The number of nitrogens with one attached hydrogen (secondary N) is 1. The van der Waals surface area contributed by atoms with E-state index in [9.17, 15) is 0 Å². The third-order valence-corrected chi connectivity index (χ3v) is 1.16. The second-order valence-corrected chi connectivity index (χ2v) is 2.77. The first-order chi connectivity index (χ1) is 4.77. The van der Waals surface area contributed by atoms with Crippen LogP contribution in [0.1, 0.15) is 27.2 Å². The minimum absolute atomic E-state index is 0.745. The number of hydrogen-bond acceptors (Lipinski definition) is 1. The first-order valence-corrected chi connectivity index (χ1v) is 3.87. The van der Waals surface area contributed by atoms with Gasteiger partial charge in [-0.15, -0.1) is 11.8 Å². The molecule has 0 spiro atoms. The average molecular weight is 139 g/mol. The molecule has 0 aliphatic heterocycles. The van der Waals surface area contributed by atoms with Gasteiger partial charge in [0, 0.05) is 13.0 Å². The van der Waals surface area contributed by atoms with E-state index >= 15 is 0 Å². The van der Waals surface area contributed by atoms with E-state index in [-0.39, 0.29) is 0 Å². The standard InChI is InChI=1S/C9H17N/c1-4-5-6-7-10-8-9(2)3/h9-10H,6-8H2,1-3H3. The van der Waals surface area contributed by atoms with Crippen molar-refractivity contribution >= 4 is 0 Å². The molecule has 1 N–H and O–H groups in total. The smallest absolute Gasteiger partial charge is 0.0214 e. The Bertz CT molecular complexity index is 116. The van der Waals surface area contributed by atoms with Gasteiger partial charge in [-0.2, -0.15) is 0 Å². The van der Waals surface area contributed by atoms with Crippen molar-refractivity contribution in [2.45, 2.75) is 27.2 Å². The summed E-state index contributed by atoms with van der Waals surface area (Å²) in [6.07, 6.45) is 0.975. The van der Waals surface area contributed by atoms with Gasteiger partial charge in [-0.3, -0.25) is 0 Å². The lowest BCUT2D eigenvalue weighted by Gasteiger charge is -2.03. The third-order valence-electron chi connectivity index (χ3n) is 1.16. The monoisotopic (exact) mass is 139 g/mol. The van der Waals surface area contributed by atoms with Crippen molar-refractivity contribution in [1.82, 2.24) is 5.32 Å². The zero-order chi connectivity index (χ0) is 7.82. The van der Waals surface area contributed by atoms with Gasteiger partial charge in [-0.1, -0.05) is 13.8 Å². The van der Waals surface area contributed by atoms with Crippen LogP contribution >= 0.6 is 0 Å². The fraction of sp³-hybridized carbons (Fsp3) is 0.778. The van der Waals surface area contributed by atoms with Gasteiger partial charge in [0.1, 0.15) is 0 Å². The van der Waals surface area contributed by atoms with E-state index in [1.165, 1.54) is 0 Å². The molecule has 0 radical (unpaired) electrons. The maximum Gasteiger partial charge on any atom is 0.0214 e. The second-order valence-electron chi connectivity index (χ2n) is 2.77. The Morgan fingerprint density at radius 1 is 1.40 bits per heavy atom. The first kappa shape index (κ1) is 9.52. The van der Waals surface area contributed by atoms with E-state index in [0.29, 0.717) is 0 Å². The van der Waals surface area contributed by atoms with E-state index in [4.69, 9.17) is 0 Å². The molecule has 0 saturated heterocycles. The Hall–Kier alpha value is -0.480. The molecule has 0 aromatic rings. The van der Waals surface area contributed by atoms with Gasteiger partial charge in [-0.05, 0) is 19.4 Å². The molecule has 0 amide bonds. The van der Waals surface area contributed by atoms with E-state index in [1.807, 2.05) is 6.92 Å². The van der Waals surface area contributed by atoms with Gasteiger partial charge in [-0.25, -0.2) is 0 Å². The summed E-state index contributed by atoms with van der Waals surface area (Å²) in [6.45, 7) is 8.42. The Kier molecular flexibility index (Phi) is 6.32. The Morgan fingerprint density at radius 2 is 2.10 bits per heavy atom. The molecule has 0 aliphatic carbocycles. The zero-order valence-corrected chi connectivity index (χ0v) is 7.20. The third kappa shape index (κ3) is 7.52. The highest BCUT2D eigenvalue weighted by Gasteiger charge is 1.89. The molecule has 0 heterocycles. The molecule has 1 nitrogen and oxygen atoms in total. The Labute approximate surface area is 64.2 Å². The van der Waals surface area contributed by atoms with Gasteiger partial charge < -0.3 is 5.32 Å². The normalized spacial score (nSPS) is 9.20. The van der Waals surface area contributed by atoms with Crippen LogP contribution in [0.4, 0.5) is 0 Å². The predicted molar refractivity (Wildman–Crippen MR) is 45.8 cm³/mol. The summed E-state index contributed by atoms with van der Waals surface area (Å²) in [5, 5.41) is 3.32. The van der Waals surface area contributed by atoms with Crippen molar-refractivity contribution in [3.63, 3.8) is 0 Å². The minimum atomic E-state index is 0.745. The van der Waals surface area contributed by atoms with E-state index in [1.54, 1.807) is 0 Å². The van der Waals surface area contributed by atoms with Crippen LogP contribution in [0.2, 0.25) is 0 Å². The maximum absolute atomic E-state index is 3.32. The molecule has 0 atom stereocenters. The summed E-state index contributed by atoms with van der Waals surface area (Å²) >= 11 is 0. The molecule has 0 rings (SSSR count). The van der Waals surface area contributed by atoms with E-state index < -0.39 is 0 Å². The van der Waals surface area contributed by atoms with Gasteiger partial charge in [0.2, 0.25) is 0 Å². The maximum atomic E-state index is 3.32. The molecular weight excluding hydrogens is 122 g/mol. The summed E-state index contributed by atoms with van der Waals surface area (Å²) < 4.78 is 0. The van der Waals surface area contributed by atoms with Crippen molar-refractivity contribution in [2.24, 2.45) is 5.92 Å². The van der Waals surface area contributed by atoms with E-state index in [2.05, 4.69) is 31.0 Å². The largest absolute Gasteiger partial charge is 0.316 e. The number of hydrogen-bond donors (Lipinski definition) is 1. The Balaban J connectivity index is 2.96. The van der Waals surface area contributed by atoms with Gasteiger partial charge in [0.25, 0.3) is 0 Å². The van der Waals surface area contributed by atoms with Crippen molar-refractivity contribution in [1.29, 1.82) is 0 Å². The zero-order valence-electron chi connectivity index (χ0n) is 7.20. The van der Waals surface area contributed by atoms with Crippen molar-refractivity contribution < 1.29 is 0 Å². The SMILES string of the molecule is CC#CCCNCC(C)C. The van der Waals surface area contributed by atoms with Crippen molar-refractivity contribution in [2.75, 3.05) is 13.1 Å². The lowest BCUT2D eigenvalue weighted by molar-refractivity contribution is 0.558. The average Bonchev–Trinajstić information content (AvgIpc) is 1.87. The van der Waals surface area contributed by atoms with Crippen LogP contribution in [0.3, 0.4) is 0 Å². The molecule has 0 aromatic carbocycles. The molecule has 0 unspecified atom stereocenters. The minimum Gasteiger partial charge on any atom is -0.316 e. The predicted octanol–water partition coefficient (Wildman–Crippen LogP) is 1.65. The van der Waals surface area contributed by atoms with Crippen molar-refractivity contribution in [3.05, 3.63) is 0 Å². The highest BCUT2D eigenvalue weighted by atomic mass is 14.8. The number of rotatable bonds is 4. The molecule has 0 bridgehead atoms. The molecule has 0 aliphatic rings. The molecule has 1 heteroatoms. The van der Waals surface area contributed by atoms with E-state index in [0.717, 1.165) is 25.4 Å². The van der Waals surface area contributed by atoms with Crippen LogP contribution < -0.4 is 5.32 Å². The second kappa shape index (κ2) is 6.64. The molecule has 58 valence electrons. The molecule has 10 heavy (non-hydrogen) atoms. The highest BCUT2D eigenvalue weighted by Crippen LogP contribution is 1.86. The lowest BCUT2D eigenvalue weighted by atomic mass is 10.2. The fourth-order valence-electron chi connectivity index (χ4n) is 0.667. The molecule has 0 saturated carbocycles. The van der Waals surface area contributed by atoms with Gasteiger partial charge >= 0.3 is 0 Å². The fourth-order valence-corrected chi connectivity index (χ4v) is 0.667. The van der Waals surface area contributed by atoms with Crippen molar-refractivity contribution in [3.8, 4) is 11.8 Å². The highest BCUT2D eigenvalue weighted by molar-refractivity contribution is 4.95.